The van der Waals surface area contributed by atoms with Crippen LogP contribution in [0.25, 0.3) is 0 Å². The van der Waals surface area contributed by atoms with Crippen molar-refractivity contribution in [3.63, 3.8) is 0 Å². The molecule has 2 aromatic rings. The average Bonchev–Trinajstić information content (AvgIpc) is 2.85. The second kappa shape index (κ2) is 8.70. The highest BCUT2D eigenvalue weighted by Gasteiger charge is 2.25. The van der Waals surface area contributed by atoms with E-state index in [2.05, 4.69) is 28.1 Å². The third-order valence-corrected chi connectivity index (χ3v) is 3.53. The highest BCUT2D eigenvalue weighted by molar-refractivity contribution is 7.80. The molecule has 25 heavy (non-hydrogen) atoms. The molecule has 0 fully saturated rings. The molecule has 2 rings (SSSR count). The molecule has 0 atom stereocenters. The van der Waals surface area contributed by atoms with Crippen LogP contribution in [-0.2, 0) is 4.74 Å². The second-order valence-electron chi connectivity index (χ2n) is 4.57. The predicted octanol–water partition coefficient (Wildman–Crippen LogP) is 3.67. The average molecular weight is 401 g/mol. The number of anilines is 2. The zero-order chi connectivity index (χ0) is 18.4. The Kier molecular flexibility index (Phi) is 6.63. The molecule has 7 nitrogen and oxygen atoms in total. The number of nitrogens with one attached hydrogen (secondary N) is 2. The van der Waals surface area contributed by atoms with Gasteiger partial charge in [-0.1, -0.05) is 23.2 Å². The van der Waals surface area contributed by atoms with Crippen LogP contribution in [0.2, 0.25) is 10.0 Å². The van der Waals surface area contributed by atoms with Crippen molar-refractivity contribution in [2.24, 2.45) is 10.8 Å². The number of hydrogen-bond acceptors (Lipinski definition) is 6. The monoisotopic (exact) mass is 400 g/mol. The Balaban J connectivity index is 2.37. The smallest absolute Gasteiger partial charge is 0.345 e. The van der Waals surface area contributed by atoms with Gasteiger partial charge in [0.1, 0.15) is 10.6 Å². The van der Waals surface area contributed by atoms with Gasteiger partial charge in [-0.05, 0) is 43.4 Å². The molecule has 0 unspecified atom stereocenters. The highest BCUT2D eigenvalue weighted by atomic mass is 35.5. The SMILES string of the molecule is CCOC(=O)c1c(Nc2ccc(Cl)cc2)oc(/C=N\NC(N)=S)c1Cl. The summed E-state index contributed by atoms with van der Waals surface area (Å²) in [5, 5.41) is 7.32. The van der Waals surface area contributed by atoms with Crippen LogP contribution in [0.1, 0.15) is 23.0 Å². The summed E-state index contributed by atoms with van der Waals surface area (Å²) in [7, 11) is 0. The topological polar surface area (TPSA) is 102 Å². The molecule has 0 radical (unpaired) electrons. The Bertz CT molecular complexity index is 806. The molecule has 0 aliphatic carbocycles. The number of hydrogen-bond donors (Lipinski definition) is 3. The number of nitrogens with zero attached hydrogens (tertiary/aromatic N) is 1. The molecule has 4 N–H and O–H groups in total. The van der Waals surface area contributed by atoms with E-state index in [0.29, 0.717) is 10.7 Å². The minimum atomic E-state index is -0.630. The first-order chi connectivity index (χ1) is 11.9. The standard InChI is InChI=1S/C15H14Cl2N4O3S/c1-2-23-14(22)11-12(17)10(7-19-21-15(18)25)24-13(11)20-9-5-3-8(16)4-6-9/h3-7,20H,2H2,1H3,(H3,18,21,25)/b19-7-. The number of esters is 1. The third-order valence-electron chi connectivity index (χ3n) is 2.81. The number of benzene rings is 1. The molecule has 1 aromatic carbocycles. The van der Waals surface area contributed by atoms with Gasteiger partial charge in [0.15, 0.2) is 10.9 Å². The van der Waals surface area contributed by atoms with Crippen molar-refractivity contribution < 1.29 is 13.9 Å². The second-order valence-corrected chi connectivity index (χ2v) is 5.83. The van der Waals surface area contributed by atoms with Crippen molar-refractivity contribution in [1.29, 1.82) is 0 Å². The number of rotatable bonds is 6. The summed E-state index contributed by atoms with van der Waals surface area (Å²) in [5.41, 5.74) is 8.34. The Morgan fingerprint density at radius 2 is 2.08 bits per heavy atom. The number of carbonyl (C=O) groups excluding carboxylic acids is 1. The fourth-order valence-electron chi connectivity index (χ4n) is 1.80. The van der Waals surface area contributed by atoms with Crippen molar-refractivity contribution in [3.8, 4) is 0 Å². The summed E-state index contributed by atoms with van der Waals surface area (Å²) < 4.78 is 10.6. The van der Waals surface area contributed by atoms with Gasteiger partial charge in [0.25, 0.3) is 0 Å². The maximum Gasteiger partial charge on any atom is 0.345 e. The number of thiocarbonyl (C=S) groups is 1. The molecule has 1 aromatic heterocycles. The van der Waals surface area contributed by atoms with E-state index in [1.54, 1.807) is 31.2 Å². The number of carbonyl (C=O) groups is 1. The van der Waals surface area contributed by atoms with Crippen LogP contribution in [0.5, 0.6) is 0 Å². The lowest BCUT2D eigenvalue weighted by atomic mass is 10.2. The fraction of sp³-hybridized carbons (Fsp3) is 0.133. The van der Waals surface area contributed by atoms with Gasteiger partial charge >= 0.3 is 5.97 Å². The molecule has 0 saturated carbocycles. The minimum absolute atomic E-state index is 0.0240. The van der Waals surface area contributed by atoms with Crippen LogP contribution >= 0.6 is 35.4 Å². The molecule has 0 bridgehead atoms. The summed E-state index contributed by atoms with van der Waals surface area (Å²) >= 11 is 16.7. The lowest BCUT2D eigenvalue weighted by molar-refractivity contribution is 0.0527. The molecule has 132 valence electrons. The van der Waals surface area contributed by atoms with Gasteiger partial charge in [0, 0.05) is 10.7 Å². The predicted molar refractivity (Wildman–Crippen MR) is 102 cm³/mol. The van der Waals surface area contributed by atoms with Gasteiger partial charge in [0.05, 0.1) is 12.8 Å². The Hall–Kier alpha value is -2.29. The van der Waals surface area contributed by atoms with Crippen LogP contribution in [-0.4, -0.2) is 23.9 Å². The zero-order valence-corrected chi connectivity index (χ0v) is 15.3. The van der Waals surface area contributed by atoms with Crippen LogP contribution in [0.4, 0.5) is 11.6 Å². The fourth-order valence-corrected chi connectivity index (χ4v) is 2.23. The molecule has 0 aliphatic heterocycles. The Labute approximate surface area is 159 Å². The van der Waals surface area contributed by atoms with E-state index in [-0.39, 0.29) is 33.9 Å². The van der Waals surface area contributed by atoms with Gasteiger partial charge in [0.2, 0.25) is 5.88 Å². The first kappa shape index (κ1) is 19.0. The van der Waals surface area contributed by atoms with Crippen molar-refractivity contribution in [2.45, 2.75) is 6.92 Å². The van der Waals surface area contributed by atoms with Gasteiger partial charge < -0.3 is 20.2 Å². The number of hydrazone groups is 1. The number of halogens is 2. The largest absolute Gasteiger partial charge is 0.462 e. The summed E-state index contributed by atoms with van der Waals surface area (Å²) in [6, 6.07) is 6.81. The third kappa shape index (κ3) is 5.09. The maximum absolute atomic E-state index is 12.2. The Morgan fingerprint density at radius 1 is 1.40 bits per heavy atom. The summed E-state index contributed by atoms with van der Waals surface area (Å²) in [6.07, 6.45) is 1.25. The molecular weight excluding hydrogens is 387 g/mol. The van der Waals surface area contributed by atoms with Gasteiger partial charge in [-0.15, -0.1) is 0 Å². The molecule has 0 amide bonds. The van der Waals surface area contributed by atoms with E-state index in [9.17, 15) is 4.79 Å². The normalized spacial score (nSPS) is 10.7. The highest BCUT2D eigenvalue weighted by Crippen LogP contribution is 2.33. The molecule has 0 saturated heterocycles. The lowest BCUT2D eigenvalue weighted by Gasteiger charge is -2.06. The van der Waals surface area contributed by atoms with E-state index in [1.165, 1.54) is 6.21 Å². The lowest BCUT2D eigenvalue weighted by Crippen LogP contribution is -2.23. The van der Waals surface area contributed by atoms with Gasteiger partial charge in [-0.3, -0.25) is 5.43 Å². The maximum atomic E-state index is 12.2. The van der Waals surface area contributed by atoms with Crippen LogP contribution in [0.15, 0.2) is 33.8 Å². The zero-order valence-electron chi connectivity index (χ0n) is 13.0. The van der Waals surface area contributed by atoms with Crippen molar-refractivity contribution in [1.82, 2.24) is 5.43 Å². The van der Waals surface area contributed by atoms with E-state index in [1.807, 2.05) is 0 Å². The van der Waals surface area contributed by atoms with Crippen molar-refractivity contribution in [2.75, 3.05) is 11.9 Å². The van der Waals surface area contributed by atoms with Crippen LogP contribution in [0.3, 0.4) is 0 Å². The van der Waals surface area contributed by atoms with E-state index in [0.717, 1.165) is 0 Å². The summed E-state index contributed by atoms with van der Waals surface area (Å²) in [6.45, 7) is 1.87. The van der Waals surface area contributed by atoms with E-state index >= 15 is 0 Å². The number of nitrogens with two attached hydrogens (primary N) is 1. The molecule has 10 heteroatoms. The molecule has 0 spiro atoms. The molecule has 0 aliphatic rings. The van der Waals surface area contributed by atoms with Crippen molar-refractivity contribution in [3.05, 3.63) is 45.6 Å². The first-order valence-corrected chi connectivity index (χ1v) is 8.19. The van der Waals surface area contributed by atoms with E-state index in [4.69, 9.17) is 38.1 Å². The van der Waals surface area contributed by atoms with Crippen LogP contribution in [0, 0.1) is 0 Å². The summed E-state index contributed by atoms with van der Waals surface area (Å²) in [4.78, 5) is 12.2. The molecular formula is C15H14Cl2N4O3S. The quantitative estimate of drug-likeness (QED) is 0.294. The van der Waals surface area contributed by atoms with Crippen LogP contribution < -0.4 is 16.5 Å². The number of furan rings is 1. The minimum Gasteiger partial charge on any atom is -0.462 e. The van der Waals surface area contributed by atoms with Gasteiger partial charge in [-0.25, -0.2) is 4.79 Å². The number of ether oxygens (including phenoxy) is 1. The van der Waals surface area contributed by atoms with E-state index < -0.39 is 5.97 Å². The summed E-state index contributed by atoms with van der Waals surface area (Å²) in [5.74, 6) is -0.387. The van der Waals surface area contributed by atoms with Crippen molar-refractivity contribution >= 4 is 64.3 Å². The molecule has 1 heterocycles. The van der Waals surface area contributed by atoms with Gasteiger partial charge in [-0.2, -0.15) is 5.10 Å². The first-order valence-electron chi connectivity index (χ1n) is 7.02. The Morgan fingerprint density at radius 3 is 2.68 bits per heavy atom.